The lowest BCUT2D eigenvalue weighted by Gasteiger charge is -2.20. The van der Waals surface area contributed by atoms with E-state index in [2.05, 4.69) is 0 Å². The Balaban J connectivity index is 2.82. The van der Waals surface area contributed by atoms with Crippen molar-refractivity contribution in [1.29, 1.82) is 0 Å². The quantitative estimate of drug-likeness (QED) is 0.613. The van der Waals surface area contributed by atoms with Gasteiger partial charge < -0.3 is 0 Å². The molecule has 0 amide bonds. The topological polar surface area (TPSA) is 40.6 Å². The monoisotopic (exact) mass is 204 g/mol. The fourth-order valence-corrected chi connectivity index (χ4v) is 2.42. The number of nitrogens with zero attached hydrogens (tertiary/aromatic N) is 2. The smallest absolute Gasteiger partial charge is 0.195 e. The average molecular weight is 204 g/mol. The van der Waals surface area contributed by atoms with Gasteiger partial charge in [0.15, 0.2) is 0 Å². The standard InChI is InChI=1S/C8H16N2O2S/c1-7-5-10(6-8(7)2)13(11,12)9(3)4/h5-6H2,1-4H3. The van der Waals surface area contributed by atoms with Crippen molar-refractivity contribution in [3.8, 4) is 0 Å². The normalized spacial score (nSPS) is 20.4. The number of rotatable bonds is 2. The highest BCUT2D eigenvalue weighted by molar-refractivity contribution is 7.86. The molecule has 13 heavy (non-hydrogen) atoms. The Kier molecular flexibility index (Phi) is 2.79. The van der Waals surface area contributed by atoms with Crippen molar-refractivity contribution in [3.05, 3.63) is 11.1 Å². The van der Waals surface area contributed by atoms with Crippen LogP contribution < -0.4 is 0 Å². The van der Waals surface area contributed by atoms with E-state index in [1.807, 2.05) is 13.8 Å². The molecule has 4 nitrogen and oxygen atoms in total. The van der Waals surface area contributed by atoms with E-state index in [1.165, 1.54) is 8.61 Å². The molecule has 0 aliphatic carbocycles. The summed E-state index contributed by atoms with van der Waals surface area (Å²) in [5.74, 6) is 0. The zero-order valence-corrected chi connectivity index (χ0v) is 9.35. The fourth-order valence-electron chi connectivity index (χ4n) is 1.25. The minimum atomic E-state index is -3.22. The van der Waals surface area contributed by atoms with Gasteiger partial charge in [0.05, 0.1) is 0 Å². The highest BCUT2D eigenvalue weighted by atomic mass is 32.2. The summed E-state index contributed by atoms with van der Waals surface area (Å²) in [5, 5.41) is 0. The summed E-state index contributed by atoms with van der Waals surface area (Å²) in [6.45, 7) is 5.01. The van der Waals surface area contributed by atoms with Gasteiger partial charge in [-0.25, -0.2) is 0 Å². The van der Waals surface area contributed by atoms with Crippen molar-refractivity contribution in [2.24, 2.45) is 0 Å². The van der Waals surface area contributed by atoms with Gasteiger partial charge in [-0.2, -0.15) is 17.0 Å². The molecule has 0 unspecified atom stereocenters. The summed E-state index contributed by atoms with van der Waals surface area (Å²) in [6.07, 6.45) is 0. The van der Waals surface area contributed by atoms with Crippen molar-refractivity contribution < 1.29 is 8.42 Å². The molecule has 1 rings (SSSR count). The molecule has 0 saturated carbocycles. The highest BCUT2D eigenvalue weighted by Crippen LogP contribution is 2.20. The Labute approximate surface area is 80.0 Å². The van der Waals surface area contributed by atoms with E-state index in [0.29, 0.717) is 13.1 Å². The van der Waals surface area contributed by atoms with Gasteiger partial charge in [-0.15, -0.1) is 0 Å². The molecule has 0 bridgehead atoms. The minimum Gasteiger partial charge on any atom is -0.195 e. The van der Waals surface area contributed by atoms with E-state index in [1.54, 1.807) is 14.1 Å². The predicted molar refractivity (Wildman–Crippen MR) is 52.6 cm³/mol. The van der Waals surface area contributed by atoms with Gasteiger partial charge in [-0.3, -0.25) is 0 Å². The predicted octanol–water partition coefficient (Wildman–Crippen LogP) is 0.445. The molecule has 0 spiro atoms. The number of hydrogen-bond acceptors (Lipinski definition) is 2. The van der Waals surface area contributed by atoms with Gasteiger partial charge in [-0.1, -0.05) is 11.1 Å². The molecule has 0 saturated heterocycles. The van der Waals surface area contributed by atoms with Gasteiger partial charge in [0.1, 0.15) is 0 Å². The molecule has 0 fully saturated rings. The lowest BCUT2D eigenvalue weighted by Crippen LogP contribution is -2.38. The zero-order chi connectivity index (χ0) is 10.2. The molecule has 76 valence electrons. The summed E-state index contributed by atoms with van der Waals surface area (Å²) < 4.78 is 26.0. The zero-order valence-electron chi connectivity index (χ0n) is 8.53. The lowest BCUT2D eigenvalue weighted by atomic mass is 10.2. The van der Waals surface area contributed by atoms with E-state index in [9.17, 15) is 8.42 Å². The van der Waals surface area contributed by atoms with Crippen LogP contribution in [0, 0.1) is 0 Å². The van der Waals surface area contributed by atoms with Crippen LogP contribution in [0.2, 0.25) is 0 Å². The summed E-state index contributed by atoms with van der Waals surface area (Å²) in [7, 11) is -0.110. The summed E-state index contributed by atoms with van der Waals surface area (Å²) in [5.41, 5.74) is 2.32. The van der Waals surface area contributed by atoms with Crippen molar-refractivity contribution in [1.82, 2.24) is 8.61 Å². The van der Waals surface area contributed by atoms with Crippen molar-refractivity contribution in [2.75, 3.05) is 27.2 Å². The van der Waals surface area contributed by atoms with Gasteiger partial charge in [-0.05, 0) is 13.8 Å². The Hall–Kier alpha value is -0.390. The van der Waals surface area contributed by atoms with Crippen LogP contribution in [0.5, 0.6) is 0 Å². The first-order valence-corrected chi connectivity index (χ1v) is 5.58. The first kappa shape index (κ1) is 10.7. The van der Waals surface area contributed by atoms with Crippen LogP contribution in [-0.2, 0) is 10.2 Å². The third kappa shape index (κ3) is 1.92. The van der Waals surface area contributed by atoms with Crippen LogP contribution in [0.15, 0.2) is 11.1 Å². The Morgan fingerprint density at radius 1 is 1.15 bits per heavy atom. The first-order valence-electron chi connectivity index (χ1n) is 4.18. The fraction of sp³-hybridized carbons (Fsp3) is 0.750. The highest BCUT2D eigenvalue weighted by Gasteiger charge is 2.28. The van der Waals surface area contributed by atoms with E-state index in [0.717, 1.165) is 11.1 Å². The van der Waals surface area contributed by atoms with Crippen LogP contribution in [0.25, 0.3) is 0 Å². The van der Waals surface area contributed by atoms with Gasteiger partial charge in [0.2, 0.25) is 0 Å². The van der Waals surface area contributed by atoms with E-state index < -0.39 is 10.2 Å². The first-order chi connectivity index (χ1) is 5.85. The second kappa shape index (κ2) is 3.40. The molecule has 1 heterocycles. The van der Waals surface area contributed by atoms with Gasteiger partial charge in [0, 0.05) is 27.2 Å². The van der Waals surface area contributed by atoms with Crippen LogP contribution in [0.1, 0.15) is 13.8 Å². The Bertz CT molecular complexity index is 316. The molecule has 0 aromatic carbocycles. The number of hydrogen-bond donors (Lipinski definition) is 0. The minimum absolute atomic E-state index is 0.534. The third-order valence-corrected chi connectivity index (χ3v) is 4.18. The summed E-state index contributed by atoms with van der Waals surface area (Å²) in [6, 6.07) is 0. The van der Waals surface area contributed by atoms with Crippen LogP contribution in [0.3, 0.4) is 0 Å². The molecule has 5 heteroatoms. The van der Waals surface area contributed by atoms with Crippen molar-refractivity contribution in [2.45, 2.75) is 13.8 Å². The van der Waals surface area contributed by atoms with Crippen molar-refractivity contribution in [3.63, 3.8) is 0 Å². The Morgan fingerprint density at radius 3 is 1.85 bits per heavy atom. The maximum Gasteiger partial charge on any atom is 0.282 e. The van der Waals surface area contributed by atoms with Crippen molar-refractivity contribution >= 4 is 10.2 Å². The van der Waals surface area contributed by atoms with Crippen LogP contribution in [-0.4, -0.2) is 44.2 Å². The largest absolute Gasteiger partial charge is 0.282 e. The third-order valence-electron chi connectivity index (χ3n) is 2.34. The summed E-state index contributed by atoms with van der Waals surface area (Å²) >= 11 is 0. The van der Waals surface area contributed by atoms with E-state index in [-0.39, 0.29) is 0 Å². The maximum atomic E-state index is 11.6. The van der Waals surface area contributed by atoms with Gasteiger partial charge in [0.25, 0.3) is 10.2 Å². The van der Waals surface area contributed by atoms with E-state index in [4.69, 9.17) is 0 Å². The van der Waals surface area contributed by atoms with Gasteiger partial charge >= 0.3 is 0 Å². The molecule has 1 aliphatic heterocycles. The lowest BCUT2D eigenvalue weighted by molar-refractivity contribution is 0.424. The molecular formula is C8H16N2O2S. The second-order valence-corrected chi connectivity index (χ2v) is 5.76. The van der Waals surface area contributed by atoms with Crippen LogP contribution in [0.4, 0.5) is 0 Å². The summed E-state index contributed by atoms with van der Waals surface area (Å²) in [4.78, 5) is 0. The molecular weight excluding hydrogens is 188 g/mol. The second-order valence-electron chi connectivity index (χ2n) is 3.62. The molecule has 0 N–H and O–H groups in total. The average Bonchev–Trinajstić information content (AvgIpc) is 2.32. The molecule has 0 atom stereocenters. The molecule has 0 aromatic heterocycles. The van der Waals surface area contributed by atoms with E-state index >= 15 is 0 Å². The Morgan fingerprint density at radius 2 is 1.54 bits per heavy atom. The SMILES string of the molecule is CC1=C(C)CN(S(=O)(=O)N(C)C)C1. The molecule has 0 radical (unpaired) electrons. The maximum absolute atomic E-state index is 11.6. The molecule has 1 aliphatic rings. The molecule has 0 aromatic rings. The van der Waals surface area contributed by atoms with Crippen LogP contribution >= 0.6 is 0 Å².